The molecule has 0 N–H and O–H groups in total. The molecule has 0 aliphatic carbocycles. The van der Waals surface area contributed by atoms with Crippen molar-refractivity contribution >= 4 is 11.9 Å². The highest BCUT2D eigenvalue weighted by molar-refractivity contribution is 6.05. The van der Waals surface area contributed by atoms with Crippen LogP contribution in [0.3, 0.4) is 0 Å². The highest BCUT2D eigenvalue weighted by atomic mass is 16.5. The van der Waals surface area contributed by atoms with E-state index in [1.165, 1.54) is 7.11 Å². The summed E-state index contributed by atoms with van der Waals surface area (Å²) in [4.78, 5) is 31.2. The number of nitrogens with zero attached hydrogens (tertiary/aromatic N) is 2. The molecule has 2 saturated heterocycles. The zero-order valence-electron chi connectivity index (χ0n) is 15.2. The first-order chi connectivity index (χ1) is 13.2. The van der Waals surface area contributed by atoms with E-state index in [4.69, 9.17) is 9.47 Å². The molecule has 1 aromatic carbocycles. The Morgan fingerprint density at radius 3 is 2.26 bits per heavy atom. The first-order valence-corrected chi connectivity index (χ1v) is 9.24. The first-order valence-electron chi connectivity index (χ1n) is 9.24. The van der Waals surface area contributed by atoms with Crippen molar-refractivity contribution in [3.63, 3.8) is 0 Å². The number of rotatable bonds is 4. The summed E-state index contributed by atoms with van der Waals surface area (Å²) in [7, 11) is 1.33. The second-order valence-electron chi connectivity index (χ2n) is 7.03. The molecule has 140 valence electrons. The van der Waals surface area contributed by atoms with Crippen LogP contribution in [0.5, 0.6) is 5.75 Å². The summed E-state index contributed by atoms with van der Waals surface area (Å²) in [6.07, 6.45) is 7.04. The third kappa shape index (κ3) is 3.39. The fourth-order valence-electron chi connectivity index (χ4n) is 4.26. The van der Waals surface area contributed by atoms with Gasteiger partial charge >= 0.3 is 5.97 Å². The minimum absolute atomic E-state index is 0.0878. The SMILES string of the molecule is COC(=O)c1ccccc1C(=O)N1C2CCC1CC(Oc1ccncc1)C2. The van der Waals surface area contributed by atoms with Gasteiger partial charge in [0.15, 0.2) is 0 Å². The van der Waals surface area contributed by atoms with Gasteiger partial charge in [0.1, 0.15) is 11.9 Å². The molecule has 0 radical (unpaired) electrons. The molecule has 2 fully saturated rings. The van der Waals surface area contributed by atoms with Gasteiger partial charge in [-0.1, -0.05) is 12.1 Å². The number of ether oxygens (including phenoxy) is 2. The molecule has 6 nitrogen and oxygen atoms in total. The van der Waals surface area contributed by atoms with Gasteiger partial charge in [0.25, 0.3) is 5.91 Å². The Bertz CT molecular complexity index is 825. The molecular weight excluding hydrogens is 344 g/mol. The molecule has 2 aliphatic rings. The Morgan fingerprint density at radius 1 is 1.00 bits per heavy atom. The lowest BCUT2D eigenvalue weighted by Gasteiger charge is -2.39. The van der Waals surface area contributed by atoms with Crippen molar-refractivity contribution in [3.05, 3.63) is 59.9 Å². The lowest BCUT2D eigenvalue weighted by atomic mass is 9.97. The maximum atomic E-state index is 13.2. The van der Waals surface area contributed by atoms with E-state index in [0.717, 1.165) is 31.4 Å². The van der Waals surface area contributed by atoms with Crippen LogP contribution in [0, 0.1) is 0 Å². The molecule has 4 rings (SSSR count). The molecule has 2 atom stereocenters. The number of esters is 1. The fraction of sp³-hybridized carbons (Fsp3) is 0.381. The van der Waals surface area contributed by atoms with Gasteiger partial charge in [0.05, 0.1) is 18.2 Å². The number of hydrogen-bond acceptors (Lipinski definition) is 5. The van der Waals surface area contributed by atoms with Gasteiger partial charge < -0.3 is 14.4 Å². The largest absolute Gasteiger partial charge is 0.490 e. The number of methoxy groups -OCH3 is 1. The molecular formula is C21H22N2O4. The predicted octanol–water partition coefficient (Wildman–Crippen LogP) is 3.08. The number of amides is 1. The zero-order valence-corrected chi connectivity index (χ0v) is 15.2. The van der Waals surface area contributed by atoms with Crippen LogP contribution in [0.25, 0.3) is 0 Å². The summed E-state index contributed by atoms with van der Waals surface area (Å²) in [6.45, 7) is 0. The molecule has 1 amide bonds. The van der Waals surface area contributed by atoms with Crippen LogP contribution in [0.2, 0.25) is 0 Å². The molecule has 6 heteroatoms. The lowest BCUT2D eigenvalue weighted by Crippen LogP contribution is -2.49. The third-order valence-corrected chi connectivity index (χ3v) is 5.44. The summed E-state index contributed by atoms with van der Waals surface area (Å²) in [6, 6.07) is 10.8. The van der Waals surface area contributed by atoms with E-state index in [0.29, 0.717) is 11.1 Å². The van der Waals surface area contributed by atoms with Gasteiger partial charge in [0, 0.05) is 37.3 Å². The Labute approximate surface area is 158 Å². The molecule has 3 heterocycles. The third-order valence-electron chi connectivity index (χ3n) is 5.44. The number of piperidine rings is 1. The molecule has 27 heavy (non-hydrogen) atoms. The van der Waals surface area contributed by atoms with Crippen LogP contribution in [0.15, 0.2) is 48.8 Å². The van der Waals surface area contributed by atoms with Crippen LogP contribution in [0.1, 0.15) is 46.4 Å². The van der Waals surface area contributed by atoms with Gasteiger partial charge in [-0.05, 0) is 37.1 Å². The number of pyridine rings is 1. The summed E-state index contributed by atoms with van der Waals surface area (Å²) >= 11 is 0. The van der Waals surface area contributed by atoms with E-state index in [9.17, 15) is 9.59 Å². The number of aromatic nitrogens is 1. The van der Waals surface area contributed by atoms with E-state index in [-0.39, 0.29) is 24.1 Å². The van der Waals surface area contributed by atoms with E-state index in [1.807, 2.05) is 17.0 Å². The summed E-state index contributed by atoms with van der Waals surface area (Å²) in [5.74, 6) is 0.235. The van der Waals surface area contributed by atoms with Crippen LogP contribution >= 0.6 is 0 Å². The zero-order chi connectivity index (χ0) is 18.8. The maximum absolute atomic E-state index is 13.2. The number of carbonyl (C=O) groups excluding carboxylic acids is 2. The summed E-state index contributed by atoms with van der Waals surface area (Å²) in [5.41, 5.74) is 0.731. The minimum atomic E-state index is -0.484. The molecule has 2 unspecified atom stereocenters. The van der Waals surface area contributed by atoms with Gasteiger partial charge in [-0.25, -0.2) is 4.79 Å². The van der Waals surface area contributed by atoms with Gasteiger partial charge in [-0.15, -0.1) is 0 Å². The van der Waals surface area contributed by atoms with Crippen molar-refractivity contribution in [2.24, 2.45) is 0 Å². The minimum Gasteiger partial charge on any atom is -0.490 e. The Balaban J connectivity index is 1.52. The van der Waals surface area contributed by atoms with Crippen molar-refractivity contribution in [2.75, 3.05) is 7.11 Å². The van der Waals surface area contributed by atoms with E-state index >= 15 is 0 Å². The van der Waals surface area contributed by atoms with Crippen LogP contribution < -0.4 is 4.74 Å². The topological polar surface area (TPSA) is 68.7 Å². The summed E-state index contributed by atoms with van der Waals surface area (Å²) in [5, 5.41) is 0. The van der Waals surface area contributed by atoms with Gasteiger partial charge in [0.2, 0.25) is 0 Å². The average Bonchev–Trinajstić information content (AvgIpc) is 2.98. The van der Waals surface area contributed by atoms with Gasteiger partial charge in [-0.3, -0.25) is 9.78 Å². The lowest BCUT2D eigenvalue weighted by molar-refractivity contribution is 0.0352. The van der Waals surface area contributed by atoms with E-state index < -0.39 is 5.97 Å². The quantitative estimate of drug-likeness (QED) is 0.778. The van der Waals surface area contributed by atoms with Crippen molar-refractivity contribution < 1.29 is 19.1 Å². The number of fused-ring (bicyclic) bond motifs is 2. The number of benzene rings is 1. The highest BCUT2D eigenvalue weighted by Crippen LogP contribution is 2.38. The Kier molecular flexibility index (Phi) is 4.79. The monoisotopic (exact) mass is 366 g/mol. The first kappa shape index (κ1) is 17.5. The fourth-order valence-corrected chi connectivity index (χ4v) is 4.26. The average molecular weight is 366 g/mol. The summed E-state index contributed by atoms with van der Waals surface area (Å²) < 4.78 is 10.9. The second kappa shape index (κ2) is 7.39. The molecule has 0 spiro atoms. The molecule has 2 aliphatic heterocycles. The Hall–Kier alpha value is -2.89. The van der Waals surface area contributed by atoms with Crippen LogP contribution in [-0.2, 0) is 4.74 Å². The number of carbonyl (C=O) groups is 2. The van der Waals surface area contributed by atoms with Gasteiger partial charge in [-0.2, -0.15) is 0 Å². The Morgan fingerprint density at radius 2 is 1.63 bits per heavy atom. The van der Waals surface area contributed by atoms with Crippen molar-refractivity contribution in [1.82, 2.24) is 9.88 Å². The van der Waals surface area contributed by atoms with Crippen molar-refractivity contribution in [1.29, 1.82) is 0 Å². The highest BCUT2D eigenvalue weighted by Gasteiger charge is 2.44. The number of hydrogen-bond donors (Lipinski definition) is 0. The smallest absolute Gasteiger partial charge is 0.338 e. The van der Waals surface area contributed by atoms with Crippen molar-refractivity contribution in [2.45, 2.75) is 43.9 Å². The van der Waals surface area contributed by atoms with E-state index in [2.05, 4.69) is 4.98 Å². The molecule has 2 aromatic rings. The maximum Gasteiger partial charge on any atom is 0.338 e. The normalized spacial score (nSPS) is 23.7. The van der Waals surface area contributed by atoms with E-state index in [1.54, 1.807) is 36.7 Å². The standard InChI is InChI=1S/C21H22N2O4/c1-26-21(25)19-5-3-2-4-18(19)20(24)23-14-6-7-15(23)13-17(12-14)27-16-8-10-22-11-9-16/h2-5,8-11,14-15,17H,6-7,12-13H2,1H3. The van der Waals surface area contributed by atoms with Crippen LogP contribution in [0.4, 0.5) is 0 Å². The molecule has 0 saturated carbocycles. The van der Waals surface area contributed by atoms with Crippen LogP contribution in [-0.4, -0.2) is 47.1 Å². The van der Waals surface area contributed by atoms with Crippen molar-refractivity contribution in [3.8, 4) is 5.75 Å². The molecule has 1 aromatic heterocycles. The molecule has 2 bridgehead atoms. The predicted molar refractivity (Wildman–Crippen MR) is 98.6 cm³/mol. The second-order valence-corrected chi connectivity index (χ2v) is 7.03.